The van der Waals surface area contributed by atoms with E-state index in [1.807, 2.05) is 0 Å². The lowest BCUT2D eigenvalue weighted by atomic mass is 10.2. The van der Waals surface area contributed by atoms with Crippen molar-refractivity contribution in [2.45, 2.75) is 17.9 Å². The number of hydrogen-bond acceptors (Lipinski definition) is 4. The highest BCUT2D eigenvalue weighted by Crippen LogP contribution is 2.28. The van der Waals surface area contributed by atoms with Crippen molar-refractivity contribution < 1.29 is 17.4 Å². The van der Waals surface area contributed by atoms with Crippen LogP contribution < -0.4 is 10.5 Å². The van der Waals surface area contributed by atoms with Gasteiger partial charge in [-0.25, -0.2) is 13.6 Å². The minimum absolute atomic E-state index is 0.0142. The quantitative estimate of drug-likeness (QED) is 0.807. The van der Waals surface area contributed by atoms with Crippen molar-refractivity contribution in [1.29, 1.82) is 0 Å². The summed E-state index contributed by atoms with van der Waals surface area (Å²) < 4.78 is 33.9. The molecule has 1 aromatic rings. The number of hydrogen-bond donors (Lipinski definition) is 2. The monoisotopic (exact) mass is 372 g/mol. The fourth-order valence-corrected chi connectivity index (χ4v) is 3.87. The van der Waals surface area contributed by atoms with E-state index in [1.165, 1.54) is 12.3 Å². The van der Waals surface area contributed by atoms with Gasteiger partial charge in [-0.15, -0.1) is 0 Å². The first kappa shape index (κ1) is 18.4. The second-order valence-corrected chi connectivity index (χ2v) is 8.25. The predicted octanol–water partition coefficient (Wildman–Crippen LogP) is 1.14. The number of carbonyl (C=O) groups is 1. The molecule has 1 aromatic carbocycles. The van der Waals surface area contributed by atoms with Crippen molar-refractivity contribution in [1.82, 2.24) is 5.32 Å². The number of primary sulfonamides is 1. The molecule has 10 heteroatoms. The molecular weight excluding hydrogens is 359 g/mol. The summed E-state index contributed by atoms with van der Waals surface area (Å²) in [6.45, 7) is 1.67. The van der Waals surface area contributed by atoms with Crippen molar-refractivity contribution in [3.8, 4) is 0 Å². The number of nitrogens with two attached hydrogens (primary N) is 1. The van der Waals surface area contributed by atoms with Gasteiger partial charge in [0.1, 0.15) is 4.90 Å². The molecule has 0 aliphatic carbocycles. The Bertz CT molecular complexity index is 692. The number of rotatable bonds is 5. The van der Waals surface area contributed by atoms with Crippen molar-refractivity contribution >= 4 is 49.9 Å². The zero-order chi connectivity index (χ0) is 16.4. The number of nitrogens with one attached hydrogen (secondary N) is 1. The molecule has 3 N–H and O–H groups in total. The third kappa shape index (κ3) is 5.23. The molecule has 0 heterocycles. The van der Waals surface area contributed by atoms with Crippen LogP contribution in [0.3, 0.4) is 0 Å². The van der Waals surface area contributed by atoms with Crippen LogP contribution in [0.25, 0.3) is 0 Å². The van der Waals surface area contributed by atoms with Gasteiger partial charge in [-0.05, 0) is 19.1 Å². The first-order valence-corrected chi connectivity index (χ1v) is 9.68. The minimum Gasteiger partial charge on any atom is -0.349 e. The molecule has 0 aliphatic heterocycles. The van der Waals surface area contributed by atoms with Crippen LogP contribution in [0.15, 0.2) is 17.0 Å². The Morgan fingerprint density at radius 3 is 2.48 bits per heavy atom. The average Bonchev–Trinajstić information content (AvgIpc) is 2.28. The third-order valence-electron chi connectivity index (χ3n) is 2.42. The van der Waals surface area contributed by atoms with Crippen molar-refractivity contribution in [3.05, 3.63) is 27.7 Å². The molecule has 2 atom stereocenters. The van der Waals surface area contributed by atoms with Crippen LogP contribution in [0, 0.1) is 0 Å². The Morgan fingerprint density at radius 1 is 1.43 bits per heavy atom. The summed E-state index contributed by atoms with van der Waals surface area (Å²) in [5.74, 6) is -0.364. The van der Waals surface area contributed by atoms with Crippen molar-refractivity contribution in [3.63, 3.8) is 0 Å². The molecule has 0 fully saturated rings. The van der Waals surface area contributed by atoms with Gasteiger partial charge in [-0.2, -0.15) is 0 Å². The van der Waals surface area contributed by atoms with Gasteiger partial charge in [0, 0.05) is 33.9 Å². The lowest BCUT2D eigenvalue weighted by Crippen LogP contribution is -2.36. The molecule has 0 spiro atoms. The van der Waals surface area contributed by atoms with Gasteiger partial charge < -0.3 is 5.32 Å². The van der Waals surface area contributed by atoms with Crippen LogP contribution in [0.2, 0.25) is 10.0 Å². The first-order valence-electron chi connectivity index (χ1n) is 5.65. The van der Waals surface area contributed by atoms with Gasteiger partial charge in [0.15, 0.2) is 0 Å². The normalized spacial score (nSPS) is 14.5. The maximum atomic E-state index is 12.1. The molecular formula is C11H14Cl2N2O4S2. The molecule has 1 amide bonds. The molecule has 0 radical (unpaired) electrons. The molecule has 118 valence electrons. The van der Waals surface area contributed by atoms with E-state index in [9.17, 15) is 17.4 Å². The largest absolute Gasteiger partial charge is 0.349 e. The van der Waals surface area contributed by atoms with Gasteiger partial charge >= 0.3 is 0 Å². The van der Waals surface area contributed by atoms with E-state index in [-0.39, 0.29) is 27.4 Å². The fraction of sp³-hybridized carbons (Fsp3) is 0.364. The summed E-state index contributed by atoms with van der Waals surface area (Å²) in [7, 11) is -5.19. The van der Waals surface area contributed by atoms with Gasteiger partial charge in [-0.3, -0.25) is 9.00 Å². The highest BCUT2D eigenvalue weighted by molar-refractivity contribution is 7.89. The zero-order valence-electron chi connectivity index (χ0n) is 11.2. The Kier molecular flexibility index (Phi) is 6.18. The first-order chi connectivity index (χ1) is 9.52. The van der Waals surface area contributed by atoms with Gasteiger partial charge in [0.25, 0.3) is 5.91 Å². The van der Waals surface area contributed by atoms with Gasteiger partial charge in [0.2, 0.25) is 10.0 Å². The summed E-state index contributed by atoms with van der Waals surface area (Å²) in [4.78, 5) is 11.7. The lowest BCUT2D eigenvalue weighted by Gasteiger charge is -2.14. The van der Waals surface area contributed by atoms with E-state index in [0.717, 1.165) is 6.07 Å². The minimum atomic E-state index is -4.10. The Labute approximate surface area is 135 Å². The Hall–Kier alpha value is -0.670. The van der Waals surface area contributed by atoms with E-state index >= 15 is 0 Å². The second-order valence-electron chi connectivity index (χ2n) is 4.42. The topological polar surface area (TPSA) is 106 Å². The highest BCUT2D eigenvalue weighted by Gasteiger charge is 2.22. The van der Waals surface area contributed by atoms with Crippen LogP contribution in [0.4, 0.5) is 0 Å². The third-order valence-corrected chi connectivity index (χ3v) is 5.06. The number of benzene rings is 1. The average molecular weight is 373 g/mol. The lowest BCUT2D eigenvalue weighted by molar-refractivity contribution is 0.0943. The standard InChI is InChI=1S/C11H14Cl2N2O4S2/c1-6(5-20(2)17)15-11(16)8-3-7(12)4-9(10(8)13)21(14,18)19/h3-4,6H,5H2,1-2H3,(H,15,16)(H2,14,18,19). The molecule has 0 aromatic heterocycles. The van der Waals surface area contributed by atoms with E-state index < -0.39 is 31.6 Å². The summed E-state index contributed by atoms with van der Waals surface area (Å²) in [5, 5.41) is 7.30. The molecule has 0 aliphatic rings. The van der Waals surface area contributed by atoms with E-state index in [2.05, 4.69) is 5.32 Å². The summed E-state index contributed by atoms with van der Waals surface area (Å²) >= 11 is 11.7. The van der Waals surface area contributed by atoms with Crippen LogP contribution in [-0.2, 0) is 20.8 Å². The molecule has 2 unspecified atom stereocenters. The van der Waals surface area contributed by atoms with E-state index in [4.69, 9.17) is 28.3 Å². The number of amides is 1. The molecule has 0 bridgehead atoms. The maximum Gasteiger partial charge on any atom is 0.253 e. The number of sulfonamides is 1. The Balaban J connectivity index is 3.17. The van der Waals surface area contributed by atoms with Gasteiger partial charge in [-0.1, -0.05) is 23.2 Å². The summed E-state index contributed by atoms with van der Waals surface area (Å²) in [5.41, 5.74) is -0.109. The zero-order valence-corrected chi connectivity index (χ0v) is 14.4. The van der Waals surface area contributed by atoms with Crippen LogP contribution in [-0.4, -0.2) is 36.6 Å². The highest BCUT2D eigenvalue weighted by atomic mass is 35.5. The maximum absolute atomic E-state index is 12.1. The molecule has 0 saturated heterocycles. The van der Waals surface area contributed by atoms with Crippen molar-refractivity contribution in [2.75, 3.05) is 12.0 Å². The fourth-order valence-electron chi connectivity index (χ4n) is 1.63. The molecule has 21 heavy (non-hydrogen) atoms. The van der Waals surface area contributed by atoms with Crippen molar-refractivity contribution in [2.24, 2.45) is 5.14 Å². The van der Waals surface area contributed by atoms with E-state index in [0.29, 0.717) is 0 Å². The molecule has 1 rings (SSSR count). The van der Waals surface area contributed by atoms with Crippen LogP contribution in [0.5, 0.6) is 0 Å². The predicted molar refractivity (Wildman–Crippen MR) is 83.7 cm³/mol. The number of halogens is 2. The van der Waals surface area contributed by atoms with Crippen LogP contribution >= 0.6 is 23.2 Å². The van der Waals surface area contributed by atoms with Gasteiger partial charge in [0.05, 0.1) is 10.6 Å². The van der Waals surface area contributed by atoms with E-state index in [1.54, 1.807) is 6.92 Å². The molecule has 6 nitrogen and oxygen atoms in total. The summed E-state index contributed by atoms with van der Waals surface area (Å²) in [6, 6.07) is 1.93. The number of carbonyl (C=O) groups excluding carboxylic acids is 1. The second kappa shape index (κ2) is 7.06. The SMILES string of the molecule is CC(CS(C)=O)NC(=O)c1cc(Cl)cc(S(N)(=O)=O)c1Cl. The Morgan fingerprint density at radius 2 is 2.00 bits per heavy atom. The summed E-state index contributed by atoms with van der Waals surface area (Å²) in [6.07, 6.45) is 1.51. The van der Waals surface area contributed by atoms with Crippen LogP contribution in [0.1, 0.15) is 17.3 Å². The molecule has 0 saturated carbocycles. The smallest absolute Gasteiger partial charge is 0.253 e.